The van der Waals surface area contributed by atoms with Crippen molar-refractivity contribution in [2.45, 2.75) is 19.8 Å². The van der Waals surface area contributed by atoms with Crippen LogP contribution in [-0.2, 0) is 4.74 Å². The fraction of sp³-hybridized carbons (Fsp3) is 0.538. The largest absolute Gasteiger partial charge is 0.383 e. The number of nitroso groups, excluding NO2 is 1. The first-order chi connectivity index (χ1) is 8.29. The zero-order valence-electron chi connectivity index (χ0n) is 10.1. The lowest BCUT2D eigenvalue weighted by atomic mass is 10.0. The van der Waals surface area contributed by atoms with E-state index in [-0.39, 0.29) is 0 Å². The Kier molecular flexibility index (Phi) is 4.09. The van der Waals surface area contributed by atoms with E-state index < -0.39 is 0 Å². The lowest BCUT2D eigenvalue weighted by molar-refractivity contribution is 0.0699. The van der Waals surface area contributed by atoms with Crippen LogP contribution in [0.3, 0.4) is 0 Å². The highest BCUT2D eigenvalue weighted by molar-refractivity contribution is 5.66. The van der Waals surface area contributed by atoms with E-state index in [4.69, 9.17) is 4.74 Å². The summed E-state index contributed by atoms with van der Waals surface area (Å²) >= 11 is 0. The van der Waals surface area contributed by atoms with Gasteiger partial charge in [0.15, 0.2) is 0 Å². The Bertz CT molecular complexity index is 387. The Morgan fingerprint density at radius 2 is 2.18 bits per heavy atom. The van der Waals surface area contributed by atoms with E-state index in [1.54, 1.807) is 6.07 Å². The molecule has 0 unspecified atom stereocenters. The number of nitrogens with one attached hydrogen (secondary N) is 1. The molecule has 1 saturated heterocycles. The van der Waals surface area contributed by atoms with E-state index in [9.17, 15) is 4.91 Å². The molecule has 92 valence electrons. The van der Waals surface area contributed by atoms with E-state index in [0.717, 1.165) is 43.9 Å². The van der Waals surface area contributed by atoms with Crippen molar-refractivity contribution >= 4 is 11.4 Å². The number of rotatable bonds is 4. The highest BCUT2D eigenvalue weighted by Gasteiger charge is 2.14. The molecule has 0 amide bonds. The standard InChI is InChI=1S/C13H18N2O2/c1-10-2-3-12(13(8-10)15-16)14-9-11-4-6-17-7-5-11/h2-3,8,11,14H,4-7,9H2,1H3. The molecule has 4 nitrogen and oxygen atoms in total. The van der Waals surface area contributed by atoms with Gasteiger partial charge in [-0.15, -0.1) is 4.91 Å². The Labute approximate surface area is 101 Å². The molecule has 17 heavy (non-hydrogen) atoms. The fourth-order valence-electron chi connectivity index (χ4n) is 2.07. The van der Waals surface area contributed by atoms with Gasteiger partial charge in [0.2, 0.25) is 0 Å². The van der Waals surface area contributed by atoms with E-state index in [2.05, 4.69) is 10.5 Å². The highest BCUT2D eigenvalue weighted by Crippen LogP contribution is 2.26. The van der Waals surface area contributed by atoms with Gasteiger partial charge in [-0.1, -0.05) is 6.07 Å². The average Bonchev–Trinajstić information content (AvgIpc) is 2.38. The third kappa shape index (κ3) is 3.27. The van der Waals surface area contributed by atoms with Crippen molar-refractivity contribution < 1.29 is 4.74 Å². The van der Waals surface area contributed by atoms with Crippen LogP contribution in [0, 0.1) is 17.7 Å². The van der Waals surface area contributed by atoms with Crippen molar-refractivity contribution in [2.24, 2.45) is 11.1 Å². The van der Waals surface area contributed by atoms with Crippen molar-refractivity contribution in [3.8, 4) is 0 Å². The Morgan fingerprint density at radius 3 is 2.88 bits per heavy atom. The van der Waals surface area contributed by atoms with E-state index in [0.29, 0.717) is 11.6 Å². The van der Waals surface area contributed by atoms with Crippen LogP contribution in [0.4, 0.5) is 11.4 Å². The second-order valence-corrected chi connectivity index (χ2v) is 4.55. The predicted octanol–water partition coefficient (Wildman–Crippen LogP) is 3.23. The Balaban J connectivity index is 1.95. The minimum atomic E-state index is 0.497. The van der Waals surface area contributed by atoms with Gasteiger partial charge in [0.05, 0.1) is 5.69 Å². The number of hydrogen-bond donors (Lipinski definition) is 1. The van der Waals surface area contributed by atoms with E-state index in [1.807, 2.05) is 19.1 Å². The monoisotopic (exact) mass is 234 g/mol. The highest BCUT2D eigenvalue weighted by atomic mass is 16.5. The van der Waals surface area contributed by atoms with Gasteiger partial charge < -0.3 is 10.1 Å². The van der Waals surface area contributed by atoms with Crippen LogP contribution in [0.15, 0.2) is 23.4 Å². The summed E-state index contributed by atoms with van der Waals surface area (Å²) < 4.78 is 5.32. The van der Waals surface area contributed by atoms with E-state index in [1.165, 1.54) is 0 Å². The van der Waals surface area contributed by atoms with Gasteiger partial charge in [0.25, 0.3) is 0 Å². The maximum Gasteiger partial charge on any atom is 0.131 e. The molecule has 0 aliphatic carbocycles. The first kappa shape index (κ1) is 12.0. The van der Waals surface area contributed by atoms with Crippen molar-refractivity contribution in [2.75, 3.05) is 25.1 Å². The molecule has 2 rings (SSSR count). The molecule has 1 aromatic rings. The third-order valence-electron chi connectivity index (χ3n) is 3.17. The van der Waals surface area contributed by atoms with Crippen molar-refractivity contribution in [3.05, 3.63) is 28.7 Å². The lowest BCUT2D eigenvalue weighted by Gasteiger charge is -2.22. The molecule has 0 radical (unpaired) electrons. The van der Waals surface area contributed by atoms with Crippen molar-refractivity contribution in [1.82, 2.24) is 0 Å². The van der Waals surface area contributed by atoms with Gasteiger partial charge in [-0.3, -0.25) is 0 Å². The summed E-state index contributed by atoms with van der Waals surface area (Å²) in [4.78, 5) is 10.7. The molecule has 1 aliphatic heterocycles. The fourth-order valence-corrected chi connectivity index (χ4v) is 2.07. The number of hydrogen-bond acceptors (Lipinski definition) is 4. The normalized spacial score (nSPS) is 16.8. The van der Waals surface area contributed by atoms with Gasteiger partial charge in [-0.25, -0.2) is 0 Å². The zero-order valence-corrected chi connectivity index (χ0v) is 10.1. The number of ether oxygens (including phenoxy) is 1. The minimum absolute atomic E-state index is 0.497. The summed E-state index contributed by atoms with van der Waals surface area (Å²) in [7, 11) is 0. The number of benzene rings is 1. The summed E-state index contributed by atoms with van der Waals surface area (Å²) in [5, 5.41) is 6.37. The van der Waals surface area contributed by atoms with Crippen molar-refractivity contribution in [3.63, 3.8) is 0 Å². The smallest absolute Gasteiger partial charge is 0.131 e. The summed E-state index contributed by atoms with van der Waals surface area (Å²) in [5.41, 5.74) is 2.38. The van der Waals surface area contributed by atoms with Gasteiger partial charge >= 0.3 is 0 Å². The Hall–Kier alpha value is -1.42. The molecule has 0 saturated carbocycles. The maximum absolute atomic E-state index is 10.7. The molecular weight excluding hydrogens is 216 g/mol. The second-order valence-electron chi connectivity index (χ2n) is 4.55. The number of anilines is 1. The molecular formula is C13H18N2O2. The summed E-state index contributed by atoms with van der Waals surface area (Å²) in [6, 6.07) is 5.71. The SMILES string of the molecule is Cc1ccc(NCC2CCOCC2)c(N=O)c1. The molecule has 1 fully saturated rings. The van der Waals surface area contributed by atoms with Crippen LogP contribution in [-0.4, -0.2) is 19.8 Å². The quantitative estimate of drug-likeness (QED) is 0.814. The minimum Gasteiger partial charge on any atom is -0.383 e. The van der Waals surface area contributed by atoms with Gasteiger partial charge in [-0.2, -0.15) is 0 Å². The molecule has 1 aliphatic rings. The van der Waals surface area contributed by atoms with Gasteiger partial charge in [0, 0.05) is 19.8 Å². The topological polar surface area (TPSA) is 50.7 Å². The van der Waals surface area contributed by atoms with Gasteiger partial charge in [-0.05, 0) is 48.6 Å². The molecule has 1 N–H and O–H groups in total. The molecule has 4 heteroatoms. The van der Waals surface area contributed by atoms with Gasteiger partial charge in [0.1, 0.15) is 5.69 Å². The molecule has 0 bridgehead atoms. The summed E-state index contributed by atoms with van der Waals surface area (Å²) in [6.45, 7) is 4.53. The lowest BCUT2D eigenvalue weighted by Crippen LogP contribution is -2.22. The van der Waals surface area contributed by atoms with Crippen LogP contribution in [0.1, 0.15) is 18.4 Å². The third-order valence-corrected chi connectivity index (χ3v) is 3.17. The first-order valence-corrected chi connectivity index (χ1v) is 6.05. The average molecular weight is 234 g/mol. The van der Waals surface area contributed by atoms with Crippen LogP contribution in [0.2, 0.25) is 0 Å². The molecule has 1 aromatic carbocycles. The van der Waals surface area contributed by atoms with E-state index >= 15 is 0 Å². The first-order valence-electron chi connectivity index (χ1n) is 6.05. The number of nitrogens with zero attached hydrogens (tertiary/aromatic N) is 1. The summed E-state index contributed by atoms with van der Waals surface area (Å²) in [6.07, 6.45) is 2.17. The Morgan fingerprint density at radius 1 is 1.41 bits per heavy atom. The van der Waals surface area contributed by atoms with Crippen LogP contribution >= 0.6 is 0 Å². The summed E-state index contributed by atoms with van der Waals surface area (Å²) in [5.74, 6) is 0.629. The molecule has 0 spiro atoms. The second kappa shape index (κ2) is 5.77. The predicted molar refractivity (Wildman–Crippen MR) is 68.7 cm³/mol. The van der Waals surface area contributed by atoms with Crippen LogP contribution < -0.4 is 5.32 Å². The van der Waals surface area contributed by atoms with Crippen LogP contribution in [0.5, 0.6) is 0 Å². The van der Waals surface area contributed by atoms with Crippen LogP contribution in [0.25, 0.3) is 0 Å². The zero-order chi connectivity index (χ0) is 12.1. The molecule has 1 heterocycles. The number of aryl methyl sites for hydroxylation is 1. The molecule has 0 aromatic heterocycles. The van der Waals surface area contributed by atoms with Crippen molar-refractivity contribution in [1.29, 1.82) is 0 Å². The molecule has 0 atom stereocenters. The maximum atomic E-state index is 10.7.